The Morgan fingerprint density at radius 2 is 1.76 bits per heavy atom. The molecule has 0 saturated carbocycles. The van der Waals surface area contributed by atoms with Gasteiger partial charge in [-0.05, 0) is 48.7 Å². The Morgan fingerprint density at radius 1 is 1.05 bits per heavy atom. The third kappa shape index (κ3) is 4.09. The van der Waals surface area contributed by atoms with Gasteiger partial charge in [0.2, 0.25) is 0 Å². The number of rotatable bonds is 5. The van der Waals surface area contributed by atoms with Gasteiger partial charge in [0.25, 0.3) is 0 Å². The van der Waals surface area contributed by atoms with Gasteiger partial charge < -0.3 is 9.47 Å². The van der Waals surface area contributed by atoms with Crippen LogP contribution in [-0.2, 0) is 0 Å². The summed E-state index contributed by atoms with van der Waals surface area (Å²) < 4.78 is 10.8. The molecule has 21 heavy (non-hydrogen) atoms. The van der Waals surface area contributed by atoms with Crippen LogP contribution in [0.2, 0.25) is 0 Å². The van der Waals surface area contributed by atoms with Crippen LogP contribution >= 0.6 is 0 Å². The Bertz CT molecular complexity index is 600. The summed E-state index contributed by atoms with van der Waals surface area (Å²) in [6.07, 6.45) is 0. The molecule has 3 heteroatoms. The van der Waals surface area contributed by atoms with E-state index in [9.17, 15) is 4.79 Å². The van der Waals surface area contributed by atoms with Gasteiger partial charge in [-0.2, -0.15) is 0 Å². The van der Waals surface area contributed by atoms with Crippen LogP contribution in [0.5, 0.6) is 11.5 Å². The summed E-state index contributed by atoms with van der Waals surface area (Å²) in [5.74, 6) is 1.29. The quantitative estimate of drug-likeness (QED) is 0.602. The summed E-state index contributed by atoms with van der Waals surface area (Å²) in [4.78, 5) is 12.1. The van der Waals surface area contributed by atoms with Crippen LogP contribution in [-0.4, -0.2) is 12.6 Å². The SMILES string of the molecule is CCOc1cccc(C(=O)Oc2ccc(C(C)C)cc2)c1. The van der Waals surface area contributed by atoms with Crippen LogP contribution in [0.3, 0.4) is 0 Å². The Morgan fingerprint density at radius 3 is 2.38 bits per heavy atom. The molecule has 2 rings (SSSR count). The van der Waals surface area contributed by atoms with Crippen LogP contribution in [0.25, 0.3) is 0 Å². The van der Waals surface area contributed by atoms with Gasteiger partial charge in [-0.15, -0.1) is 0 Å². The predicted octanol–water partition coefficient (Wildman–Crippen LogP) is 4.43. The Labute approximate surface area is 125 Å². The highest BCUT2D eigenvalue weighted by molar-refractivity contribution is 5.91. The molecule has 2 aromatic carbocycles. The van der Waals surface area contributed by atoms with Gasteiger partial charge in [0.1, 0.15) is 11.5 Å². The first-order valence-corrected chi connectivity index (χ1v) is 7.15. The Kier molecular flexibility index (Phi) is 4.99. The number of carbonyl (C=O) groups excluding carboxylic acids is 1. The van der Waals surface area contributed by atoms with E-state index >= 15 is 0 Å². The summed E-state index contributed by atoms with van der Waals surface area (Å²) >= 11 is 0. The minimum absolute atomic E-state index is 0.381. The van der Waals surface area contributed by atoms with Gasteiger partial charge in [-0.1, -0.05) is 32.0 Å². The predicted molar refractivity (Wildman–Crippen MR) is 83.1 cm³/mol. The maximum atomic E-state index is 12.1. The van der Waals surface area contributed by atoms with Crippen molar-refractivity contribution in [1.29, 1.82) is 0 Å². The zero-order chi connectivity index (χ0) is 15.2. The first-order chi connectivity index (χ1) is 10.1. The number of hydrogen-bond donors (Lipinski definition) is 0. The van der Waals surface area contributed by atoms with Crippen molar-refractivity contribution in [2.45, 2.75) is 26.7 Å². The fourth-order valence-corrected chi connectivity index (χ4v) is 1.97. The third-order valence-corrected chi connectivity index (χ3v) is 3.14. The van der Waals surface area contributed by atoms with Crippen LogP contribution in [0.1, 0.15) is 42.6 Å². The molecule has 0 aliphatic carbocycles. The maximum Gasteiger partial charge on any atom is 0.343 e. The third-order valence-electron chi connectivity index (χ3n) is 3.14. The van der Waals surface area contributed by atoms with Gasteiger partial charge in [0.05, 0.1) is 12.2 Å². The Hall–Kier alpha value is -2.29. The van der Waals surface area contributed by atoms with E-state index in [4.69, 9.17) is 9.47 Å². The highest BCUT2D eigenvalue weighted by Gasteiger charge is 2.10. The second-order valence-corrected chi connectivity index (χ2v) is 5.07. The minimum Gasteiger partial charge on any atom is -0.494 e. The molecule has 0 atom stereocenters. The molecule has 0 heterocycles. The van der Waals surface area contributed by atoms with E-state index in [2.05, 4.69) is 13.8 Å². The maximum absolute atomic E-state index is 12.1. The molecule has 0 spiro atoms. The Balaban J connectivity index is 2.08. The minimum atomic E-state index is -0.381. The lowest BCUT2D eigenvalue weighted by Crippen LogP contribution is -2.08. The molecule has 0 N–H and O–H groups in total. The van der Waals surface area contributed by atoms with Gasteiger partial charge in [0, 0.05) is 0 Å². The number of ether oxygens (including phenoxy) is 2. The smallest absolute Gasteiger partial charge is 0.343 e. The van der Waals surface area contributed by atoms with Crippen LogP contribution < -0.4 is 9.47 Å². The molecular weight excluding hydrogens is 264 g/mol. The number of carbonyl (C=O) groups is 1. The fourth-order valence-electron chi connectivity index (χ4n) is 1.97. The van der Waals surface area contributed by atoms with Crippen molar-refractivity contribution in [2.75, 3.05) is 6.61 Å². The van der Waals surface area contributed by atoms with E-state index in [-0.39, 0.29) is 5.97 Å². The normalized spacial score (nSPS) is 10.5. The fraction of sp³-hybridized carbons (Fsp3) is 0.278. The average molecular weight is 284 g/mol. The second-order valence-electron chi connectivity index (χ2n) is 5.07. The largest absolute Gasteiger partial charge is 0.494 e. The zero-order valence-electron chi connectivity index (χ0n) is 12.6. The molecule has 0 aliphatic heterocycles. The molecule has 0 amide bonds. The number of benzene rings is 2. The average Bonchev–Trinajstić information content (AvgIpc) is 2.48. The topological polar surface area (TPSA) is 35.5 Å². The number of hydrogen-bond acceptors (Lipinski definition) is 3. The van der Waals surface area contributed by atoms with E-state index in [0.717, 1.165) is 0 Å². The molecule has 0 saturated heterocycles. The van der Waals surface area contributed by atoms with Gasteiger partial charge in [0.15, 0.2) is 0 Å². The van der Waals surface area contributed by atoms with Gasteiger partial charge in [-0.25, -0.2) is 4.79 Å². The van der Waals surface area contributed by atoms with E-state index < -0.39 is 0 Å². The molecule has 0 unspecified atom stereocenters. The van der Waals surface area contributed by atoms with E-state index in [1.807, 2.05) is 37.3 Å². The van der Waals surface area contributed by atoms with Crippen molar-refractivity contribution in [3.8, 4) is 11.5 Å². The lowest BCUT2D eigenvalue weighted by molar-refractivity contribution is 0.0734. The van der Waals surface area contributed by atoms with Crippen LogP contribution in [0.15, 0.2) is 48.5 Å². The highest BCUT2D eigenvalue weighted by atomic mass is 16.5. The van der Waals surface area contributed by atoms with Crippen molar-refractivity contribution in [2.24, 2.45) is 0 Å². The molecule has 0 fully saturated rings. The van der Waals surface area contributed by atoms with Crippen molar-refractivity contribution in [3.05, 3.63) is 59.7 Å². The summed E-state index contributed by atoms with van der Waals surface area (Å²) in [5.41, 5.74) is 1.70. The lowest BCUT2D eigenvalue weighted by Gasteiger charge is -2.08. The summed E-state index contributed by atoms with van der Waals surface area (Å²) in [5, 5.41) is 0. The van der Waals surface area contributed by atoms with E-state index in [0.29, 0.717) is 29.6 Å². The van der Waals surface area contributed by atoms with E-state index in [1.54, 1.807) is 18.2 Å². The van der Waals surface area contributed by atoms with Gasteiger partial charge >= 0.3 is 5.97 Å². The summed E-state index contributed by atoms with van der Waals surface area (Å²) in [7, 11) is 0. The first kappa shape index (κ1) is 15.1. The van der Waals surface area contributed by atoms with Crippen LogP contribution in [0, 0.1) is 0 Å². The molecule has 0 radical (unpaired) electrons. The molecule has 0 aliphatic rings. The van der Waals surface area contributed by atoms with Crippen molar-refractivity contribution < 1.29 is 14.3 Å². The molecule has 110 valence electrons. The second kappa shape index (κ2) is 6.93. The number of esters is 1. The first-order valence-electron chi connectivity index (χ1n) is 7.15. The molecule has 3 nitrogen and oxygen atoms in total. The zero-order valence-corrected chi connectivity index (χ0v) is 12.6. The molecule has 0 bridgehead atoms. The van der Waals surface area contributed by atoms with Crippen molar-refractivity contribution in [1.82, 2.24) is 0 Å². The van der Waals surface area contributed by atoms with Crippen LogP contribution in [0.4, 0.5) is 0 Å². The molecule has 2 aromatic rings. The lowest BCUT2D eigenvalue weighted by atomic mass is 10.0. The highest BCUT2D eigenvalue weighted by Crippen LogP contribution is 2.20. The molecule has 0 aromatic heterocycles. The van der Waals surface area contributed by atoms with E-state index in [1.165, 1.54) is 5.56 Å². The standard InChI is InChI=1S/C18H20O3/c1-4-20-17-7-5-6-15(12-17)18(19)21-16-10-8-14(9-11-16)13(2)3/h5-13H,4H2,1-3H3. The summed E-state index contributed by atoms with van der Waals surface area (Å²) in [6.45, 7) is 6.72. The van der Waals surface area contributed by atoms with Gasteiger partial charge in [-0.3, -0.25) is 0 Å². The summed E-state index contributed by atoms with van der Waals surface area (Å²) in [6, 6.07) is 14.6. The van der Waals surface area contributed by atoms with Crippen molar-refractivity contribution >= 4 is 5.97 Å². The van der Waals surface area contributed by atoms with Crippen molar-refractivity contribution in [3.63, 3.8) is 0 Å². The molecular formula is C18H20O3. The monoisotopic (exact) mass is 284 g/mol.